The van der Waals surface area contributed by atoms with Crippen molar-refractivity contribution in [3.8, 4) is 57.5 Å². The van der Waals surface area contributed by atoms with Crippen molar-refractivity contribution in [3.05, 3.63) is 82.9 Å². The number of fused-ring (bicyclic) bond motifs is 2. The maximum atomic E-state index is 13.6. The first-order chi connectivity index (χ1) is 21.2. The lowest BCUT2D eigenvalue weighted by Crippen LogP contribution is -2.22. The van der Waals surface area contributed by atoms with Crippen LogP contribution in [0.15, 0.2) is 60.7 Å². The third-order valence-corrected chi connectivity index (χ3v) is 7.03. The molecule has 0 unspecified atom stereocenters. The lowest BCUT2D eigenvalue weighted by atomic mass is 9.81. The van der Waals surface area contributed by atoms with Crippen LogP contribution in [0.25, 0.3) is 0 Å². The molecule has 0 saturated carbocycles. The standard InChI is InChI=1S/C34H32O10/c1-3-5-15-41-19-7-11-21(12-8-19)43-25-17-23(35)27-29(31(25)37)33(39)28-24(36)18-26(32(38)30(28)34(27)40)44-22-13-9-20(10-14-22)42-16-6-4-2/h7-14,17-18,35-38H,3-6,15-16H2,1-2H3. The normalized spacial score (nSPS) is 12.0. The van der Waals surface area contributed by atoms with Gasteiger partial charge in [0.15, 0.2) is 23.0 Å². The van der Waals surface area contributed by atoms with E-state index in [9.17, 15) is 30.0 Å². The Morgan fingerprint density at radius 1 is 0.523 bits per heavy atom. The molecule has 1 aliphatic carbocycles. The van der Waals surface area contributed by atoms with Crippen LogP contribution in [0.5, 0.6) is 57.5 Å². The van der Waals surface area contributed by atoms with Gasteiger partial charge in [-0.05, 0) is 61.4 Å². The Balaban J connectivity index is 1.43. The molecule has 0 fully saturated rings. The Bertz CT molecular complexity index is 1560. The molecule has 0 bridgehead atoms. The Morgan fingerprint density at radius 2 is 0.864 bits per heavy atom. The Morgan fingerprint density at radius 3 is 1.20 bits per heavy atom. The van der Waals surface area contributed by atoms with Crippen LogP contribution in [-0.4, -0.2) is 45.2 Å². The number of carbonyl (C=O) groups is 2. The maximum absolute atomic E-state index is 13.6. The van der Waals surface area contributed by atoms with Gasteiger partial charge in [-0.1, -0.05) is 26.7 Å². The van der Waals surface area contributed by atoms with E-state index in [1.165, 1.54) is 0 Å². The highest BCUT2D eigenvalue weighted by Gasteiger charge is 2.41. The number of carbonyl (C=O) groups excluding carboxylic acids is 2. The van der Waals surface area contributed by atoms with Crippen LogP contribution in [0.4, 0.5) is 0 Å². The van der Waals surface area contributed by atoms with Gasteiger partial charge in [-0.15, -0.1) is 0 Å². The smallest absolute Gasteiger partial charge is 0.202 e. The van der Waals surface area contributed by atoms with Gasteiger partial charge in [0.2, 0.25) is 11.6 Å². The van der Waals surface area contributed by atoms with Crippen molar-refractivity contribution in [3.63, 3.8) is 0 Å². The summed E-state index contributed by atoms with van der Waals surface area (Å²) in [5.41, 5.74) is -2.24. The lowest BCUT2D eigenvalue weighted by molar-refractivity contribution is 0.0968. The van der Waals surface area contributed by atoms with Crippen molar-refractivity contribution in [2.24, 2.45) is 0 Å². The molecule has 0 heterocycles. The molecule has 0 amide bonds. The van der Waals surface area contributed by atoms with Crippen molar-refractivity contribution in [1.82, 2.24) is 0 Å². The van der Waals surface area contributed by atoms with Crippen LogP contribution in [0.1, 0.15) is 71.4 Å². The zero-order chi connectivity index (χ0) is 31.4. The fourth-order valence-corrected chi connectivity index (χ4v) is 4.71. The predicted molar refractivity (Wildman–Crippen MR) is 160 cm³/mol. The molecule has 10 nitrogen and oxygen atoms in total. The van der Waals surface area contributed by atoms with Gasteiger partial charge in [0, 0.05) is 12.1 Å². The molecule has 4 aromatic rings. The van der Waals surface area contributed by atoms with Crippen LogP contribution in [0.3, 0.4) is 0 Å². The van der Waals surface area contributed by atoms with Crippen LogP contribution in [0, 0.1) is 0 Å². The first kappa shape index (κ1) is 30.1. The lowest BCUT2D eigenvalue weighted by Gasteiger charge is -2.23. The van der Waals surface area contributed by atoms with Crippen molar-refractivity contribution >= 4 is 11.6 Å². The number of benzene rings is 4. The molecule has 10 heteroatoms. The van der Waals surface area contributed by atoms with Crippen molar-refractivity contribution in [2.45, 2.75) is 39.5 Å². The maximum Gasteiger partial charge on any atom is 0.202 e. The fourth-order valence-electron chi connectivity index (χ4n) is 4.71. The average molecular weight is 601 g/mol. The van der Waals surface area contributed by atoms with E-state index in [4.69, 9.17) is 18.9 Å². The minimum absolute atomic E-state index is 0.264. The van der Waals surface area contributed by atoms with Gasteiger partial charge < -0.3 is 39.4 Å². The summed E-state index contributed by atoms with van der Waals surface area (Å²) >= 11 is 0. The molecule has 0 atom stereocenters. The van der Waals surface area contributed by atoms with E-state index in [1.54, 1.807) is 48.5 Å². The topological polar surface area (TPSA) is 152 Å². The molecule has 44 heavy (non-hydrogen) atoms. The van der Waals surface area contributed by atoms with E-state index in [0.717, 1.165) is 37.8 Å². The molecular weight excluding hydrogens is 568 g/mol. The van der Waals surface area contributed by atoms with Crippen molar-refractivity contribution in [1.29, 1.82) is 0 Å². The highest BCUT2D eigenvalue weighted by atomic mass is 16.5. The predicted octanol–water partition coefficient (Wildman–Crippen LogP) is 7.23. The summed E-state index contributed by atoms with van der Waals surface area (Å²) < 4.78 is 22.7. The summed E-state index contributed by atoms with van der Waals surface area (Å²) in [6.45, 7) is 5.23. The third kappa shape index (κ3) is 5.92. The number of aromatic hydroxyl groups is 4. The summed E-state index contributed by atoms with van der Waals surface area (Å²) in [6.07, 6.45) is 3.79. The summed E-state index contributed by atoms with van der Waals surface area (Å²) in [5, 5.41) is 43.7. The second-order valence-corrected chi connectivity index (χ2v) is 10.2. The molecule has 0 aromatic heterocycles. The Kier molecular flexibility index (Phi) is 8.80. The van der Waals surface area contributed by atoms with Crippen LogP contribution >= 0.6 is 0 Å². The summed E-state index contributed by atoms with van der Waals surface area (Å²) in [6, 6.07) is 15.0. The molecule has 228 valence electrons. The van der Waals surface area contributed by atoms with E-state index in [2.05, 4.69) is 13.8 Å². The van der Waals surface area contributed by atoms with Gasteiger partial charge in [-0.3, -0.25) is 9.59 Å². The molecule has 1 aliphatic rings. The average Bonchev–Trinajstić information content (AvgIpc) is 3.01. The minimum Gasteiger partial charge on any atom is -0.507 e. The van der Waals surface area contributed by atoms with Gasteiger partial charge in [0.1, 0.15) is 34.5 Å². The Labute approximate surface area is 253 Å². The SMILES string of the molecule is CCCCOc1ccc(Oc2cc(O)c3c(c2O)C(=O)c2c(O)cc(Oc4ccc(OCCCC)cc4)c(O)c2C3=O)cc1. The number of phenolic OH excluding ortho intramolecular Hbond substituents is 4. The van der Waals surface area contributed by atoms with Gasteiger partial charge in [0.05, 0.1) is 35.5 Å². The number of hydrogen-bond donors (Lipinski definition) is 4. The van der Waals surface area contributed by atoms with E-state index in [1.807, 2.05) is 0 Å². The highest BCUT2D eigenvalue weighted by Crippen LogP contribution is 2.50. The molecule has 0 saturated heterocycles. The number of ketones is 2. The number of unbranched alkanes of at least 4 members (excludes halogenated alkanes) is 2. The third-order valence-electron chi connectivity index (χ3n) is 7.03. The van der Waals surface area contributed by atoms with Crippen LogP contribution < -0.4 is 18.9 Å². The number of hydrogen-bond acceptors (Lipinski definition) is 10. The first-order valence-electron chi connectivity index (χ1n) is 14.3. The summed E-state index contributed by atoms with van der Waals surface area (Å²) in [7, 11) is 0. The van der Waals surface area contributed by atoms with Crippen LogP contribution in [0.2, 0.25) is 0 Å². The van der Waals surface area contributed by atoms with E-state index in [-0.39, 0.29) is 23.0 Å². The Hall–Kier alpha value is -5.38. The molecule has 0 spiro atoms. The fraction of sp³-hybridized carbons (Fsp3) is 0.235. The van der Waals surface area contributed by atoms with E-state index in [0.29, 0.717) is 24.7 Å². The molecule has 4 N–H and O–H groups in total. The van der Waals surface area contributed by atoms with Gasteiger partial charge >= 0.3 is 0 Å². The second kappa shape index (κ2) is 12.9. The molecule has 5 rings (SSSR count). The molecule has 0 radical (unpaired) electrons. The number of ether oxygens (including phenoxy) is 4. The van der Waals surface area contributed by atoms with Gasteiger partial charge in [-0.25, -0.2) is 0 Å². The highest BCUT2D eigenvalue weighted by molar-refractivity contribution is 6.32. The van der Waals surface area contributed by atoms with Crippen molar-refractivity contribution in [2.75, 3.05) is 13.2 Å². The van der Waals surface area contributed by atoms with Crippen molar-refractivity contribution < 1.29 is 49.0 Å². The summed E-state index contributed by atoms with van der Waals surface area (Å²) in [5.74, 6) is -3.59. The number of rotatable bonds is 12. The monoisotopic (exact) mass is 600 g/mol. The van der Waals surface area contributed by atoms with E-state index >= 15 is 0 Å². The second-order valence-electron chi connectivity index (χ2n) is 10.2. The first-order valence-corrected chi connectivity index (χ1v) is 14.3. The van der Waals surface area contributed by atoms with E-state index < -0.39 is 56.8 Å². The molecule has 0 aliphatic heterocycles. The minimum atomic E-state index is -1.000. The van der Waals surface area contributed by atoms with Gasteiger partial charge in [0.25, 0.3) is 0 Å². The zero-order valence-electron chi connectivity index (χ0n) is 24.3. The van der Waals surface area contributed by atoms with Crippen LogP contribution in [-0.2, 0) is 0 Å². The quantitative estimate of drug-likeness (QED) is 0.0852. The molecular formula is C34H32O10. The number of phenols is 4. The van der Waals surface area contributed by atoms with Gasteiger partial charge in [-0.2, -0.15) is 0 Å². The largest absolute Gasteiger partial charge is 0.507 e. The zero-order valence-corrected chi connectivity index (χ0v) is 24.3. The molecule has 4 aromatic carbocycles. The summed E-state index contributed by atoms with van der Waals surface area (Å²) in [4.78, 5) is 27.1.